The molecule has 0 amide bonds. The van der Waals surface area contributed by atoms with Gasteiger partial charge in [0, 0.05) is 12.1 Å². The zero-order chi connectivity index (χ0) is 18.6. The fraction of sp³-hybridized carbons (Fsp3) is 0.300. The van der Waals surface area contributed by atoms with Crippen LogP contribution in [-0.2, 0) is 6.54 Å². The summed E-state index contributed by atoms with van der Waals surface area (Å²) in [4.78, 5) is 11.5. The van der Waals surface area contributed by atoms with Gasteiger partial charge in [0.2, 0.25) is 11.7 Å². The highest BCUT2D eigenvalue weighted by Crippen LogP contribution is 2.32. The van der Waals surface area contributed by atoms with Crippen LogP contribution in [0, 0.1) is 11.3 Å². The van der Waals surface area contributed by atoms with E-state index in [4.69, 9.17) is 9.78 Å². The zero-order valence-electron chi connectivity index (χ0n) is 14.7. The number of halogens is 1. The molecule has 0 saturated carbocycles. The fourth-order valence-electron chi connectivity index (χ4n) is 3.42. The van der Waals surface area contributed by atoms with Crippen LogP contribution in [0.3, 0.4) is 0 Å². The SMILES string of the molecule is N#Cc1cccc(-c2noc(C3CCCCN3Cc3cccc(Br)n3)n2)c1. The van der Waals surface area contributed by atoms with Crippen molar-refractivity contribution in [1.29, 1.82) is 5.26 Å². The summed E-state index contributed by atoms with van der Waals surface area (Å²) in [7, 11) is 0. The molecule has 0 N–H and O–H groups in total. The van der Waals surface area contributed by atoms with Crippen LogP contribution in [0.5, 0.6) is 0 Å². The summed E-state index contributed by atoms with van der Waals surface area (Å²) in [6.07, 6.45) is 3.26. The Morgan fingerprint density at radius 1 is 1.19 bits per heavy atom. The molecule has 3 aromatic rings. The van der Waals surface area contributed by atoms with Crippen LogP contribution in [-0.4, -0.2) is 26.6 Å². The van der Waals surface area contributed by atoms with E-state index in [1.807, 2.05) is 30.3 Å². The molecular formula is C20H18BrN5O. The van der Waals surface area contributed by atoms with Crippen molar-refractivity contribution >= 4 is 15.9 Å². The minimum Gasteiger partial charge on any atom is -0.337 e. The van der Waals surface area contributed by atoms with Crippen molar-refractivity contribution in [3.8, 4) is 17.5 Å². The lowest BCUT2D eigenvalue weighted by Crippen LogP contribution is -2.33. The topological polar surface area (TPSA) is 78.8 Å². The molecule has 1 atom stereocenters. The number of piperidine rings is 1. The second kappa shape index (κ2) is 7.99. The molecule has 1 aliphatic rings. The summed E-state index contributed by atoms with van der Waals surface area (Å²) in [5.74, 6) is 1.15. The number of likely N-dealkylation sites (tertiary alicyclic amines) is 1. The minimum absolute atomic E-state index is 0.0833. The monoisotopic (exact) mass is 423 g/mol. The largest absolute Gasteiger partial charge is 0.337 e. The third-order valence-corrected chi connectivity index (χ3v) is 5.17. The third kappa shape index (κ3) is 4.07. The van der Waals surface area contributed by atoms with Gasteiger partial charge in [-0.15, -0.1) is 0 Å². The van der Waals surface area contributed by atoms with E-state index in [1.165, 1.54) is 0 Å². The number of benzene rings is 1. The van der Waals surface area contributed by atoms with Gasteiger partial charge in [-0.3, -0.25) is 4.90 Å². The van der Waals surface area contributed by atoms with Gasteiger partial charge in [0.15, 0.2) is 0 Å². The molecule has 2 aromatic heterocycles. The van der Waals surface area contributed by atoms with Gasteiger partial charge in [-0.05, 0) is 59.6 Å². The van der Waals surface area contributed by atoms with Gasteiger partial charge in [-0.25, -0.2) is 4.98 Å². The molecule has 1 aromatic carbocycles. The lowest BCUT2D eigenvalue weighted by Gasteiger charge is -2.33. The van der Waals surface area contributed by atoms with Gasteiger partial charge in [-0.1, -0.05) is 29.8 Å². The molecule has 3 heterocycles. The second-order valence-corrected chi connectivity index (χ2v) is 7.40. The molecule has 1 aliphatic heterocycles. The highest BCUT2D eigenvalue weighted by Gasteiger charge is 2.29. The number of nitriles is 1. The Morgan fingerprint density at radius 2 is 2.07 bits per heavy atom. The van der Waals surface area contributed by atoms with E-state index in [1.54, 1.807) is 12.1 Å². The predicted octanol–water partition coefficient (Wildman–Crippen LogP) is 4.49. The van der Waals surface area contributed by atoms with E-state index in [0.717, 1.165) is 48.2 Å². The molecule has 1 fully saturated rings. The van der Waals surface area contributed by atoms with Crippen LogP contribution < -0.4 is 0 Å². The van der Waals surface area contributed by atoms with E-state index in [2.05, 4.69) is 42.0 Å². The maximum atomic E-state index is 9.08. The molecular weight excluding hydrogens is 406 g/mol. The molecule has 1 unspecified atom stereocenters. The first-order valence-corrected chi connectivity index (χ1v) is 9.72. The van der Waals surface area contributed by atoms with Crippen molar-refractivity contribution in [3.63, 3.8) is 0 Å². The maximum absolute atomic E-state index is 9.08. The molecule has 0 bridgehead atoms. The Morgan fingerprint density at radius 3 is 2.93 bits per heavy atom. The van der Waals surface area contributed by atoms with E-state index in [0.29, 0.717) is 17.3 Å². The number of rotatable bonds is 4. The van der Waals surface area contributed by atoms with Gasteiger partial charge in [0.25, 0.3) is 0 Å². The molecule has 0 aliphatic carbocycles. The van der Waals surface area contributed by atoms with Gasteiger partial charge >= 0.3 is 0 Å². The Kier molecular flexibility index (Phi) is 5.28. The lowest BCUT2D eigenvalue weighted by atomic mass is 10.0. The van der Waals surface area contributed by atoms with E-state index < -0.39 is 0 Å². The molecule has 1 saturated heterocycles. The van der Waals surface area contributed by atoms with Crippen LogP contribution in [0.2, 0.25) is 0 Å². The van der Waals surface area contributed by atoms with Crippen molar-refractivity contribution in [1.82, 2.24) is 20.0 Å². The summed E-state index contributed by atoms with van der Waals surface area (Å²) in [5.41, 5.74) is 2.39. The highest BCUT2D eigenvalue weighted by molar-refractivity contribution is 9.10. The van der Waals surface area contributed by atoms with Crippen LogP contribution in [0.1, 0.15) is 42.5 Å². The Labute approximate surface area is 166 Å². The zero-order valence-corrected chi connectivity index (χ0v) is 16.3. The van der Waals surface area contributed by atoms with Gasteiger partial charge in [0.05, 0.1) is 23.4 Å². The van der Waals surface area contributed by atoms with Crippen molar-refractivity contribution in [2.24, 2.45) is 0 Å². The van der Waals surface area contributed by atoms with E-state index >= 15 is 0 Å². The highest BCUT2D eigenvalue weighted by atomic mass is 79.9. The normalized spacial score (nSPS) is 17.6. The molecule has 136 valence electrons. The van der Waals surface area contributed by atoms with Crippen molar-refractivity contribution in [2.75, 3.05) is 6.54 Å². The molecule has 6 nitrogen and oxygen atoms in total. The predicted molar refractivity (Wildman–Crippen MR) is 103 cm³/mol. The average molecular weight is 424 g/mol. The summed E-state index contributed by atoms with van der Waals surface area (Å²) in [6.45, 7) is 1.71. The van der Waals surface area contributed by atoms with Gasteiger partial charge < -0.3 is 4.52 Å². The third-order valence-electron chi connectivity index (χ3n) is 4.73. The first kappa shape index (κ1) is 17.8. The molecule has 27 heavy (non-hydrogen) atoms. The average Bonchev–Trinajstić information content (AvgIpc) is 3.18. The first-order chi connectivity index (χ1) is 13.2. The summed E-state index contributed by atoms with van der Waals surface area (Å²) >= 11 is 3.43. The van der Waals surface area contributed by atoms with Crippen LogP contribution in [0.25, 0.3) is 11.4 Å². The molecule has 0 spiro atoms. The number of hydrogen-bond donors (Lipinski definition) is 0. The summed E-state index contributed by atoms with van der Waals surface area (Å²) in [6, 6.07) is 15.4. The second-order valence-electron chi connectivity index (χ2n) is 6.58. The van der Waals surface area contributed by atoms with Crippen LogP contribution in [0.4, 0.5) is 0 Å². The van der Waals surface area contributed by atoms with Crippen LogP contribution >= 0.6 is 15.9 Å². The summed E-state index contributed by atoms with van der Waals surface area (Å²) < 4.78 is 6.45. The smallest absolute Gasteiger partial charge is 0.244 e. The van der Waals surface area contributed by atoms with Crippen molar-refractivity contribution in [2.45, 2.75) is 31.8 Å². The van der Waals surface area contributed by atoms with Crippen LogP contribution in [0.15, 0.2) is 51.6 Å². The Balaban J connectivity index is 1.57. The molecule has 0 radical (unpaired) electrons. The van der Waals surface area contributed by atoms with E-state index in [9.17, 15) is 0 Å². The number of pyridine rings is 1. The molecule has 7 heteroatoms. The van der Waals surface area contributed by atoms with E-state index in [-0.39, 0.29) is 6.04 Å². The lowest BCUT2D eigenvalue weighted by molar-refractivity contribution is 0.110. The summed E-state index contributed by atoms with van der Waals surface area (Å²) in [5, 5.41) is 13.2. The number of nitrogens with zero attached hydrogens (tertiary/aromatic N) is 5. The minimum atomic E-state index is 0.0833. The fourth-order valence-corrected chi connectivity index (χ4v) is 3.80. The number of aromatic nitrogens is 3. The maximum Gasteiger partial charge on any atom is 0.244 e. The quantitative estimate of drug-likeness (QED) is 0.574. The van der Waals surface area contributed by atoms with Crippen molar-refractivity contribution < 1.29 is 4.52 Å². The Bertz CT molecular complexity index is 980. The standard InChI is InChI=1S/C20H18BrN5O/c21-18-9-4-7-16(23-18)13-26-10-2-1-8-17(26)20-24-19(25-27-20)15-6-3-5-14(11-15)12-22/h3-7,9,11,17H,1-2,8,10,13H2. The molecule has 4 rings (SSSR count). The van der Waals surface area contributed by atoms with Gasteiger partial charge in [0.1, 0.15) is 4.60 Å². The van der Waals surface area contributed by atoms with Gasteiger partial charge in [-0.2, -0.15) is 10.2 Å². The van der Waals surface area contributed by atoms with Crippen molar-refractivity contribution in [3.05, 3.63) is 64.2 Å². The first-order valence-electron chi connectivity index (χ1n) is 8.92. The number of hydrogen-bond acceptors (Lipinski definition) is 6. The Hall–Kier alpha value is -2.56.